The van der Waals surface area contributed by atoms with Crippen LogP contribution in [-0.2, 0) is 16.0 Å². The van der Waals surface area contributed by atoms with Gasteiger partial charge in [0, 0.05) is 17.9 Å². The van der Waals surface area contributed by atoms with Gasteiger partial charge >= 0.3 is 0 Å². The minimum Gasteiger partial charge on any atom is -0.437 e. The molecule has 1 aliphatic carbocycles. The number of halogens is 1. The number of carbonyl (C=O) groups excluding carboxylic acids is 2. The summed E-state index contributed by atoms with van der Waals surface area (Å²) in [5.74, 6) is 0.151. The zero-order valence-corrected chi connectivity index (χ0v) is 15.5. The molecule has 0 amide bonds. The van der Waals surface area contributed by atoms with Crippen LogP contribution >= 0.6 is 11.6 Å². The van der Waals surface area contributed by atoms with Gasteiger partial charge in [-0.15, -0.1) is 0 Å². The highest BCUT2D eigenvalue weighted by Crippen LogP contribution is 2.34. The van der Waals surface area contributed by atoms with Crippen LogP contribution in [0.15, 0.2) is 42.6 Å². The van der Waals surface area contributed by atoms with E-state index in [0.717, 1.165) is 17.5 Å². The summed E-state index contributed by atoms with van der Waals surface area (Å²) >= 11 is 5.97. The predicted molar refractivity (Wildman–Crippen MR) is 102 cm³/mol. The van der Waals surface area contributed by atoms with Crippen LogP contribution in [0.5, 0.6) is 11.6 Å². The van der Waals surface area contributed by atoms with Gasteiger partial charge in [0.2, 0.25) is 5.88 Å². The Morgan fingerprint density at radius 3 is 2.59 bits per heavy atom. The second kappa shape index (κ2) is 7.08. The molecule has 0 N–H and O–H groups in total. The molecular weight excluding hydrogens is 364 g/mol. The zero-order valence-electron chi connectivity index (χ0n) is 14.7. The number of carbonyl (C=O) groups is 2. The molecule has 3 aromatic rings. The van der Waals surface area contributed by atoms with Crippen LogP contribution in [0.3, 0.4) is 0 Å². The molecule has 0 aliphatic heterocycles. The lowest BCUT2D eigenvalue weighted by molar-refractivity contribution is -0.123. The van der Waals surface area contributed by atoms with Crippen molar-refractivity contribution in [2.45, 2.75) is 32.1 Å². The number of ether oxygens (including phenoxy) is 1. The van der Waals surface area contributed by atoms with Gasteiger partial charge in [-0.25, -0.2) is 9.97 Å². The maximum atomic E-state index is 12.2. The van der Waals surface area contributed by atoms with Crippen LogP contribution in [-0.4, -0.2) is 21.5 Å². The lowest BCUT2D eigenvalue weighted by Crippen LogP contribution is -2.14. The highest BCUT2D eigenvalue weighted by Gasteiger charge is 2.35. The van der Waals surface area contributed by atoms with Gasteiger partial charge in [-0.05, 0) is 47.9 Å². The van der Waals surface area contributed by atoms with E-state index < -0.39 is 5.92 Å². The molecule has 0 unspecified atom stereocenters. The Hall–Kier alpha value is -2.79. The Morgan fingerprint density at radius 2 is 1.85 bits per heavy atom. The average Bonchev–Trinajstić information content (AvgIpc) is 3.00. The lowest BCUT2D eigenvalue weighted by Gasteiger charge is -2.15. The molecule has 5 nitrogen and oxygen atoms in total. The van der Waals surface area contributed by atoms with Gasteiger partial charge in [0.25, 0.3) is 0 Å². The second-order valence-corrected chi connectivity index (χ2v) is 6.96. The van der Waals surface area contributed by atoms with Crippen molar-refractivity contribution in [3.05, 3.63) is 58.7 Å². The fourth-order valence-electron chi connectivity index (χ4n) is 3.43. The summed E-state index contributed by atoms with van der Waals surface area (Å²) < 4.78 is 5.86. The molecule has 0 bridgehead atoms. The molecule has 136 valence electrons. The number of Topliss-reactive ketones (excluding diaryl/α,β-unsaturated/α-hetero) is 2. The minimum atomic E-state index is -0.673. The number of hydrogen-bond donors (Lipinski definition) is 0. The molecule has 4 rings (SSSR count). The fraction of sp³-hybridized carbons (Fsp3) is 0.238. The van der Waals surface area contributed by atoms with E-state index >= 15 is 0 Å². The van der Waals surface area contributed by atoms with E-state index in [1.54, 1.807) is 24.3 Å². The summed E-state index contributed by atoms with van der Waals surface area (Å²) in [6.45, 7) is 2.00. The van der Waals surface area contributed by atoms with Crippen molar-refractivity contribution in [3.63, 3.8) is 0 Å². The summed E-state index contributed by atoms with van der Waals surface area (Å²) in [6, 6.07) is 10.8. The van der Waals surface area contributed by atoms with Crippen LogP contribution in [0.2, 0.25) is 5.02 Å². The largest absolute Gasteiger partial charge is 0.437 e. The van der Waals surface area contributed by atoms with Crippen LogP contribution < -0.4 is 4.74 Å². The van der Waals surface area contributed by atoms with Gasteiger partial charge in [0.15, 0.2) is 0 Å². The van der Waals surface area contributed by atoms with Crippen LogP contribution in [0.25, 0.3) is 11.0 Å². The fourth-order valence-corrected chi connectivity index (χ4v) is 3.59. The van der Waals surface area contributed by atoms with Crippen LogP contribution in [0, 0.1) is 0 Å². The first-order valence-corrected chi connectivity index (χ1v) is 9.21. The van der Waals surface area contributed by atoms with Crippen molar-refractivity contribution in [1.82, 2.24) is 9.97 Å². The molecule has 27 heavy (non-hydrogen) atoms. The molecule has 1 aromatic heterocycles. The van der Waals surface area contributed by atoms with E-state index in [1.807, 2.05) is 19.1 Å². The first-order valence-electron chi connectivity index (χ1n) is 8.83. The summed E-state index contributed by atoms with van der Waals surface area (Å²) in [5, 5.41) is 0.594. The molecule has 6 heteroatoms. The van der Waals surface area contributed by atoms with Crippen molar-refractivity contribution in [1.29, 1.82) is 0 Å². The van der Waals surface area contributed by atoms with Crippen molar-refractivity contribution in [3.8, 4) is 11.6 Å². The number of aryl methyl sites for hydroxylation is 1. The Morgan fingerprint density at radius 1 is 1.07 bits per heavy atom. The van der Waals surface area contributed by atoms with Crippen LogP contribution in [0.4, 0.5) is 0 Å². The quantitative estimate of drug-likeness (QED) is 0.616. The molecule has 0 radical (unpaired) electrons. The highest BCUT2D eigenvalue weighted by atomic mass is 35.5. The molecule has 0 spiro atoms. The molecule has 2 aromatic carbocycles. The molecule has 1 fully saturated rings. The number of benzene rings is 2. The van der Waals surface area contributed by atoms with Crippen molar-refractivity contribution < 1.29 is 14.3 Å². The highest BCUT2D eigenvalue weighted by molar-refractivity contribution is 6.31. The maximum Gasteiger partial charge on any atom is 0.238 e. The molecule has 0 saturated heterocycles. The first kappa shape index (κ1) is 17.6. The van der Waals surface area contributed by atoms with Crippen molar-refractivity contribution in [2.75, 3.05) is 0 Å². The van der Waals surface area contributed by atoms with E-state index in [-0.39, 0.29) is 11.6 Å². The second-order valence-electron chi connectivity index (χ2n) is 6.52. The molecule has 1 aliphatic rings. The predicted octanol–water partition coefficient (Wildman–Crippen LogP) is 4.65. The van der Waals surface area contributed by atoms with Crippen LogP contribution in [0.1, 0.15) is 36.8 Å². The SMILES string of the molecule is CCc1ccc(Oc2cnc3cc(Cl)ccc3n2)cc1C1C(=O)CCC1=O. The third kappa shape index (κ3) is 3.43. The van der Waals surface area contributed by atoms with Gasteiger partial charge in [0.1, 0.15) is 23.2 Å². The van der Waals surface area contributed by atoms with Gasteiger partial charge in [-0.2, -0.15) is 0 Å². The Bertz CT molecular complexity index is 1050. The monoisotopic (exact) mass is 380 g/mol. The van der Waals surface area contributed by atoms with E-state index in [2.05, 4.69) is 9.97 Å². The Balaban J connectivity index is 1.68. The van der Waals surface area contributed by atoms with E-state index in [4.69, 9.17) is 16.3 Å². The number of ketones is 2. The summed E-state index contributed by atoms with van der Waals surface area (Å²) in [5.41, 5.74) is 3.07. The number of rotatable bonds is 4. The van der Waals surface area contributed by atoms with E-state index in [1.165, 1.54) is 6.20 Å². The number of nitrogens with zero attached hydrogens (tertiary/aromatic N) is 2. The maximum absolute atomic E-state index is 12.2. The zero-order chi connectivity index (χ0) is 19.0. The Kier molecular flexibility index (Phi) is 4.62. The summed E-state index contributed by atoms with van der Waals surface area (Å²) in [4.78, 5) is 33.2. The van der Waals surface area contributed by atoms with Gasteiger partial charge < -0.3 is 4.74 Å². The molecular formula is C21H17ClN2O3. The first-order chi connectivity index (χ1) is 13.0. The van der Waals surface area contributed by atoms with E-state index in [0.29, 0.717) is 40.5 Å². The normalized spacial score (nSPS) is 14.9. The standard InChI is InChI=1S/C21H17ClN2O3/c1-2-12-3-5-14(10-15(12)21-18(25)7-8-19(21)26)27-20-11-23-17-9-13(22)4-6-16(17)24-20/h3-6,9-11,21H,2,7-8H2,1H3. The van der Waals surface area contributed by atoms with Crippen molar-refractivity contribution >= 4 is 34.2 Å². The van der Waals surface area contributed by atoms with Gasteiger partial charge in [0.05, 0.1) is 17.2 Å². The molecule has 0 atom stereocenters. The average molecular weight is 381 g/mol. The van der Waals surface area contributed by atoms with E-state index in [9.17, 15) is 9.59 Å². The topological polar surface area (TPSA) is 69.2 Å². The lowest BCUT2D eigenvalue weighted by atomic mass is 9.90. The van der Waals surface area contributed by atoms with Crippen molar-refractivity contribution in [2.24, 2.45) is 0 Å². The number of fused-ring (bicyclic) bond motifs is 1. The third-order valence-corrected chi connectivity index (χ3v) is 5.01. The smallest absolute Gasteiger partial charge is 0.238 e. The summed E-state index contributed by atoms with van der Waals surface area (Å²) in [7, 11) is 0. The van der Waals surface area contributed by atoms with Gasteiger partial charge in [-0.1, -0.05) is 24.6 Å². The third-order valence-electron chi connectivity index (χ3n) is 4.78. The minimum absolute atomic E-state index is 0.0192. The van der Waals surface area contributed by atoms with Gasteiger partial charge in [-0.3, -0.25) is 9.59 Å². The Labute approximate surface area is 161 Å². The summed E-state index contributed by atoms with van der Waals surface area (Å²) in [6.07, 6.45) is 2.90. The molecule has 1 heterocycles. The number of aromatic nitrogens is 2. The molecule has 1 saturated carbocycles. The number of hydrogen-bond acceptors (Lipinski definition) is 5.